The molecular formula is C18H17N5O2. The Labute approximate surface area is 144 Å². The monoisotopic (exact) mass is 335 g/mol. The average Bonchev–Trinajstić information content (AvgIpc) is 3.05. The van der Waals surface area contributed by atoms with E-state index in [9.17, 15) is 4.79 Å². The van der Waals surface area contributed by atoms with E-state index in [4.69, 9.17) is 4.74 Å². The van der Waals surface area contributed by atoms with Crippen molar-refractivity contribution in [2.24, 2.45) is 0 Å². The number of para-hydroxylation sites is 1. The number of nitrogens with zero attached hydrogens (tertiary/aromatic N) is 5. The molecule has 0 fully saturated rings. The van der Waals surface area contributed by atoms with Crippen molar-refractivity contribution in [1.82, 2.24) is 19.7 Å². The van der Waals surface area contributed by atoms with Crippen LogP contribution in [-0.4, -0.2) is 32.2 Å². The lowest BCUT2D eigenvalue weighted by Crippen LogP contribution is -2.41. The first-order valence-electron chi connectivity index (χ1n) is 8.06. The Morgan fingerprint density at radius 2 is 2.00 bits per heavy atom. The van der Waals surface area contributed by atoms with Crippen molar-refractivity contribution >= 4 is 11.7 Å². The van der Waals surface area contributed by atoms with Gasteiger partial charge in [0.1, 0.15) is 23.7 Å². The highest BCUT2D eigenvalue weighted by Crippen LogP contribution is 2.20. The Bertz CT molecular complexity index is 907. The maximum atomic E-state index is 12.8. The second kappa shape index (κ2) is 6.35. The number of aromatic nitrogens is 4. The number of hydrogen-bond donors (Lipinski definition) is 0. The molecule has 0 spiro atoms. The van der Waals surface area contributed by atoms with Crippen molar-refractivity contribution in [1.29, 1.82) is 0 Å². The van der Waals surface area contributed by atoms with Gasteiger partial charge in [-0.25, -0.2) is 4.98 Å². The first-order valence-corrected chi connectivity index (χ1v) is 8.06. The van der Waals surface area contributed by atoms with E-state index in [0.29, 0.717) is 31.2 Å². The topological polar surface area (TPSA) is 73.1 Å². The number of carbonyl (C=O) groups is 1. The van der Waals surface area contributed by atoms with Crippen LogP contribution < -0.4 is 9.64 Å². The Morgan fingerprint density at radius 3 is 2.80 bits per heavy atom. The molecule has 1 aliphatic heterocycles. The molecule has 3 heterocycles. The third-order valence-corrected chi connectivity index (χ3v) is 3.98. The molecule has 0 saturated heterocycles. The summed E-state index contributed by atoms with van der Waals surface area (Å²) in [4.78, 5) is 22.9. The van der Waals surface area contributed by atoms with Crippen LogP contribution in [0.1, 0.15) is 21.9 Å². The van der Waals surface area contributed by atoms with Gasteiger partial charge in [-0.1, -0.05) is 18.2 Å². The maximum Gasteiger partial charge on any atom is 0.277 e. The van der Waals surface area contributed by atoms with E-state index < -0.39 is 0 Å². The summed E-state index contributed by atoms with van der Waals surface area (Å²) in [6, 6.07) is 11.3. The predicted octanol–water partition coefficient (Wildman–Crippen LogP) is 2.22. The van der Waals surface area contributed by atoms with Crippen LogP contribution in [0.25, 0.3) is 0 Å². The van der Waals surface area contributed by atoms with Crippen molar-refractivity contribution in [2.45, 2.75) is 20.1 Å². The third kappa shape index (κ3) is 3.08. The fraction of sp³-hybridized carbons (Fsp3) is 0.222. The van der Waals surface area contributed by atoms with Crippen molar-refractivity contribution in [2.75, 3.05) is 11.4 Å². The summed E-state index contributed by atoms with van der Waals surface area (Å²) in [6.07, 6.45) is 3.28. The highest BCUT2D eigenvalue weighted by Gasteiger charge is 2.28. The molecule has 0 saturated carbocycles. The number of benzene rings is 1. The van der Waals surface area contributed by atoms with Gasteiger partial charge in [0, 0.05) is 12.7 Å². The summed E-state index contributed by atoms with van der Waals surface area (Å²) in [5.74, 6) is 1.22. The van der Waals surface area contributed by atoms with Crippen LogP contribution in [-0.2, 0) is 13.2 Å². The molecule has 0 atom stereocenters. The van der Waals surface area contributed by atoms with Crippen LogP contribution >= 0.6 is 0 Å². The van der Waals surface area contributed by atoms with E-state index in [2.05, 4.69) is 15.1 Å². The van der Waals surface area contributed by atoms with E-state index in [1.54, 1.807) is 28.0 Å². The van der Waals surface area contributed by atoms with Gasteiger partial charge in [-0.2, -0.15) is 5.10 Å². The summed E-state index contributed by atoms with van der Waals surface area (Å²) in [5, 5.41) is 4.47. The van der Waals surface area contributed by atoms with E-state index >= 15 is 0 Å². The zero-order valence-electron chi connectivity index (χ0n) is 13.8. The van der Waals surface area contributed by atoms with Gasteiger partial charge in [0.05, 0.1) is 18.4 Å². The van der Waals surface area contributed by atoms with E-state index in [1.807, 2.05) is 37.3 Å². The second-order valence-electron chi connectivity index (χ2n) is 5.82. The summed E-state index contributed by atoms with van der Waals surface area (Å²) in [5.41, 5.74) is 2.05. The van der Waals surface area contributed by atoms with Crippen LogP contribution in [0.4, 0.5) is 5.82 Å². The highest BCUT2D eigenvalue weighted by molar-refractivity contribution is 6.05. The molecule has 0 radical (unpaired) electrons. The normalized spacial score (nSPS) is 13.6. The number of fused-ring (bicyclic) bond motifs is 1. The lowest BCUT2D eigenvalue weighted by molar-refractivity contribution is 0.0961. The van der Waals surface area contributed by atoms with Crippen LogP contribution in [0.15, 0.2) is 48.8 Å². The van der Waals surface area contributed by atoms with Gasteiger partial charge in [-0.05, 0) is 25.1 Å². The summed E-state index contributed by atoms with van der Waals surface area (Å²) < 4.78 is 7.44. The molecule has 7 heteroatoms. The largest absolute Gasteiger partial charge is 0.487 e. The second-order valence-corrected chi connectivity index (χ2v) is 5.82. The maximum absolute atomic E-state index is 12.8. The summed E-state index contributed by atoms with van der Waals surface area (Å²) in [7, 11) is 0. The van der Waals surface area contributed by atoms with Crippen LogP contribution in [0.3, 0.4) is 0 Å². The minimum atomic E-state index is -0.121. The number of ether oxygens (including phenoxy) is 1. The molecular weight excluding hydrogens is 318 g/mol. The Kier molecular flexibility index (Phi) is 3.89. The Balaban J connectivity index is 1.53. The Hall–Kier alpha value is -3.22. The SMILES string of the molecule is Cc1cncc(N2CCn3nc(COc4ccccc4)cc3C2=O)n1. The molecule has 1 aliphatic rings. The van der Waals surface area contributed by atoms with Crippen LogP contribution in [0.5, 0.6) is 5.75 Å². The van der Waals surface area contributed by atoms with Gasteiger partial charge in [-0.3, -0.25) is 19.4 Å². The average molecular weight is 335 g/mol. The number of amides is 1. The molecule has 126 valence electrons. The molecule has 25 heavy (non-hydrogen) atoms. The van der Waals surface area contributed by atoms with Crippen molar-refractivity contribution < 1.29 is 9.53 Å². The lowest BCUT2D eigenvalue weighted by Gasteiger charge is -2.26. The molecule has 3 aromatic rings. The first kappa shape index (κ1) is 15.3. The van der Waals surface area contributed by atoms with Crippen molar-refractivity contribution in [3.8, 4) is 5.75 Å². The molecule has 1 aromatic carbocycles. The van der Waals surface area contributed by atoms with E-state index in [0.717, 1.165) is 17.1 Å². The molecule has 0 bridgehead atoms. The van der Waals surface area contributed by atoms with Gasteiger partial charge < -0.3 is 4.74 Å². The number of rotatable bonds is 4. The van der Waals surface area contributed by atoms with Crippen molar-refractivity contribution in [3.05, 3.63) is 65.9 Å². The first-order chi connectivity index (χ1) is 12.2. The molecule has 0 N–H and O–H groups in total. The molecule has 0 aliphatic carbocycles. The molecule has 0 unspecified atom stereocenters. The van der Waals surface area contributed by atoms with E-state index in [1.165, 1.54) is 0 Å². The quantitative estimate of drug-likeness (QED) is 0.731. The van der Waals surface area contributed by atoms with Gasteiger partial charge in [0.2, 0.25) is 0 Å². The van der Waals surface area contributed by atoms with Gasteiger partial charge in [0.15, 0.2) is 5.82 Å². The third-order valence-electron chi connectivity index (χ3n) is 3.98. The standard InChI is InChI=1S/C18H17N5O2/c1-13-10-19-11-17(20-13)22-7-8-23-16(18(22)24)9-14(21-23)12-25-15-5-3-2-4-6-15/h2-6,9-11H,7-8,12H2,1H3. The lowest BCUT2D eigenvalue weighted by atomic mass is 10.2. The summed E-state index contributed by atoms with van der Waals surface area (Å²) >= 11 is 0. The molecule has 1 amide bonds. The smallest absolute Gasteiger partial charge is 0.277 e. The fourth-order valence-corrected chi connectivity index (χ4v) is 2.79. The summed E-state index contributed by atoms with van der Waals surface area (Å²) in [6.45, 7) is 3.31. The number of anilines is 1. The molecule has 2 aromatic heterocycles. The zero-order chi connectivity index (χ0) is 17.2. The van der Waals surface area contributed by atoms with Gasteiger partial charge in [-0.15, -0.1) is 0 Å². The van der Waals surface area contributed by atoms with E-state index in [-0.39, 0.29) is 5.91 Å². The van der Waals surface area contributed by atoms with Gasteiger partial charge in [0.25, 0.3) is 5.91 Å². The minimum Gasteiger partial charge on any atom is -0.487 e. The van der Waals surface area contributed by atoms with Crippen LogP contribution in [0.2, 0.25) is 0 Å². The van der Waals surface area contributed by atoms with Gasteiger partial charge >= 0.3 is 0 Å². The number of aryl methyl sites for hydroxylation is 1. The number of carbonyl (C=O) groups excluding carboxylic acids is 1. The highest BCUT2D eigenvalue weighted by atomic mass is 16.5. The zero-order valence-corrected chi connectivity index (χ0v) is 13.8. The number of hydrogen-bond acceptors (Lipinski definition) is 5. The Morgan fingerprint density at radius 1 is 1.16 bits per heavy atom. The molecule has 4 rings (SSSR count). The minimum absolute atomic E-state index is 0.121. The molecule has 7 nitrogen and oxygen atoms in total. The van der Waals surface area contributed by atoms with Crippen LogP contribution in [0, 0.1) is 6.92 Å². The fourth-order valence-electron chi connectivity index (χ4n) is 2.79. The van der Waals surface area contributed by atoms with Crippen molar-refractivity contribution in [3.63, 3.8) is 0 Å². The predicted molar refractivity (Wildman–Crippen MR) is 91.4 cm³/mol.